The molecule has 2 aromatic rings. The van der Waals surface area contributed by atoms with Gasteiger partial charge in [0.05, 0.1) is 18.4 Å². The molecule has 2 N–H and O–H groups in total. The van der Waals surface area contributed by atoms with Crippen molar-refractivity contribution in [1.29, 1.82) is 0 Å². The molecule has 25 heavy (non-hydrogen) atoms. The molecule has 6 nitrogen and oxygen atoms in total. The van der Waals surface area contributed by atoms with Crippen LogP contribution in [-0.4, -0.2) is 38.5 Å². The zero-order valence-corrected chi connectivity index (χ0v) is 14.7. The third-order valence-electron chi connectivity index (χ3n) is 3.73. The molecule has 1 unspecified atom stereocenters. The number of hydrogen-bond acceptors (Lipinski definition) is 6. The Balaban J connectivity index is 2.15. The molecule has 0 saturated heterocycles. The topological polar surface area (TPSA) is 92.7 Å². The van der Waals surface area contributed by atoms with Gasteiger partial charge in [-0.15, -0.1) is 0 Å². The average Bonchev–Trinajstić information content (AvgIpc) is 2.61. The molecule has 0 bridgehead atoms. The second kappa shape index (κ2) is 8.64. The maximum Gasteiger partial charge on any atom is 0.308 e. The summed E-state index contributed by atoms with van der Waals surface area (Å²) in [6, 6.07) is 15.0. The lowest BCUT2D eigenvalue weighted by Crippen LogP contribution is -2.40. The number of esters is 1. The highest BCUT2D eigenvalue weighted by molar-refractivity contribution is 7.92. The zero-order chi connectivity index (χ0) is 18.3. The quantitative estimate of drug-likeness (QED) is 0.696. The molecule has 7 heteroatoms. The summed E-state index contributed by atoms with van der Waals surface area (Å²) in [5.41, 5.74) is 1.06. The van der Waals surface area contributed by atoms with E-state index in [9.17, 15) is 18.3 Å². The van der Waals surface area contributed by atoms with Gasteiger partial charge in [0.25, 0.3) is 0 Å². The molecule has 0 amide bonds. The van der Waals surface area contributed by atoms with Crippen molar-refractivity contribution < 1.29 is 23.1 Å². The third-order valence-corrected chi connectivity index (χ3v) is 5.72. The lowest BCUT2D eigenvalue weighted by Gasteiger charge is -2.18. The predicted octanol–water partition coefficient (Wildman–Crippen LogP) is 1.89. The minimum Gasteiger partial charge on any atom is -0.508 e. The van der Waals surface area contributed by atoms with Gasteiger partial charge in [0.15, 0.2) is 9.84 Å². The summed E-state index contributed by atoms with van der Waals surface area (Å²) in [5.74, 6) is -0.775. The van der Waals surface area contributed by atoms with Crippen molar-refractivity contribution in [2.75, 3.05) is 13.7 Å². The summed E-state index contributed by atoms with van der Waals surface area (Å²) in [4.78, 5) is 11.6. The molecular weight excluding hydrogens is 342 g/mol. The number of methoxy groups -OCH3 is 1. The van der Waals surface area contributed by atoms with E-state index in [-0.39, 0.29) is 17.1 Å². The van der Waals surface area contributed by atoms with E-state index in [2.05, 4.69) is 10.1 Å². The number of phenols is 1. The molecule has 0 spiro atoms. The number of benzene rings is 2. The second-order valence-corrected chi connectivity index (χ2v) is 7.63. The van der Waals surface area contributed by atoms with Gasteiger partial charge in [0, 0.05) is 6.54 Å². The number of hydrogen-bond donors (Lipinski definition) is 2. The second-order valence-electron chi connectivity index (χ2n) is 5.50. The van der Waals surface area contributed by atoms with Crippen LogP contribution in [0.3, 0.4) is 0 Å². The zero-order valence-electron chi connectivity index (χ0n) is 13.9. The molecule has 1 atom stereocenters. The Bertz CT molecular complexity index is 805. The normalized spacial score (nSPS) is 12.5. The molecule has 0 saturated carbocycles. The van der Waals surface area contributed by atoms with E-state index in [1.54, 1.807) is 0 Å². The first-order chi connectivity index (χ1) is 11.9. The monoisotopic (exact) mass is 363 g/mol. The summed E-state index contributed by atoms with van der Waals surface area (Å²) < 4.78 is 30.2. The molecule has 0 aliphatic carbocycles. The van der Waals surface area contributed by atoms with E-state index < -0.39 is 21.2 Å². The average molecular weight is 363 g/mol. The van der Waals surface area contributed by atoms with Crippen LogP contribution in [0.25, 0.3) is 0 Å². The van der Waals surface area contributed by atoms with Crippen LogP contribution in [0, 0.1) is 0 Å². The van der Waals surface area contributed by atoms with Gasteiger partial charge < -0.3 is 15.2 Å². The van der Waals surface area contributed by atoms with E-state index in [1.807, 2.05) is 30.3 Å². The molecule has 0 heterocycles. The Kier molecular flexibility index (Phi) is 6.55. The fourth-order valence-electron chi connectivity index (χ4n) is 2.37. The van der Waals surface area contributed by atoms with E-state index >= 15 is 0 Å². The summed E-state index contributed by atoms with van der Waals surface area (Å²) in [5, 5.41) is 11.3. The number of sulfone groups is 1. The maximum absolute atomic E-state index is 12.8. The van der Waals surface area contributed by atoms with Gasteiger partial charge in [-0.3, -0.25) is 4.79 Å². The number of rotatable bonds is 8. The van der Waals surface area contributed by atoms with Crippen molar-refractivity contribution in [3.05, 3.63) is 60.2 Å². The maximum atomic E-state index is 12.8. The number of carbonyl (C=O) groups excluding carboxylic acids is 1. The van der Waals surface area contributed by atoms with E-state index in [0.717, 1.165) is 5.56 Å². The smallest absolute Gasteiger partial charge is 0.308 e. The molecule has 0 aliphatic rings. The van der Waals surface area contributed by atoms with Gasteiger partial charge in [-0.1, -0.05) is 36.4 Å². The Hall–Kier alpha value is -2.38. The molecule has 0 radical (unpaired) electrons. The summed E-state index contributed by atoms with van der Waals surface area (Å²) in [6.07, 6.45) is 0.303. The van der Waals surface area contributed by atoms with E-state index in [1.165, 1.54) is 31.4 Å². The summed E-state index contributed by atoms with van der Waals surface area (Å²) in [6.45, 7) is 0.379. The Morgan fingerprint density at radius 1 is 1.16 bits per heavy atom. The first-order valence-electron chi connectivity index (χ1n) is 7.80. The van der Waals surface area contributed by atoms with Gasteiger partial charge >= 0.3 is 5.97 Å². The van der Waals surface area contributed by atoms with Crippen LogP contribution in [0.2, 0.25) is 0 Å². The molecule has 0 fully saturated rings. The van der Waals surface area contributed by atoms with Crippen LogP contribution in [-0.2, 0) is 25.8 Å². The summed E-state index contributed by atoms with van der Waals surface area (Å²) in [7, 11) is -2.64. The van der Waals surface area contributed by atoms with Gasteiger partial charge in [-0.2, -0.15) is 0 Å². The highest BCUT2D eigenvalue weighted by Crippen LogP contribution is 2.21. The van der Waals surface area contributed by atoms with E-state index in [0.29, 0.717) is 13.0 Å². The first-order valence-corrected chi connectivity index (χ1v) is 9.35. The van der Waals surface area contributed by atoms with Crippen LogP contribution < -0.4 is 5.32 Å². The number of ether oxygens (including phenoxy) is 1. The van der Waals surface area contributed by atoms with Crippen LogP contribution >= 0.6 is 0 Å². The predicted molar refractivity (Wildman–Crippen MR) is 93.9 cm³/mol. The minimum atomic E-state index is -3.86. The molecule has 0 aromatic heterocycles. The number of phenolic OH excluding ortho intramolecular Hbond substituents is 1. The number of aromatic hydroxyl groups is 1. The van der Waals surface area contributed by atoms with Crippen molar-refractivity contribution in [2.24, 2.45) is 0 Å². The SMILES string of the molecule is COC(=O)CC(NCCc1ccccc1)S(=O)(=O)c1cccc(O)c1. The van der Waals surface area contributed by atoms with Crippen molar-refractivity contribution in [2.45, 2.75) is 23.1 Å². The lowest BCUT2D eigenvalue weighted by atomic mass is 10.1. The van der Waals surface area contributed by atoms with Gasteiger partial charge in [0.2, 0.25) is 0 Å². The summed E-state index contributed by atoms with van der Waals surface area (Å²) >= 11 is 0. The van der Waals surface area contributed by atoms with Gasteiger partial charge in [-0.05, 0) is 30.2 Å². The largest absolute Gasteiger partial charge is 0.508 e. The third kappa shape index (κ3) is 5.30. The van der Waals surface area contributed by atoms with Crippen LogP contribution in [0.1, 0.15) is 12.0 Å². The fourth-order valence-corrected chi connectivity index (χ4v) is 3.95. The number of nitrogens with one attached hydrogen (secondary N) is 1. The van der Waals surface area contributed by atoms with Crippen molar-refractivity contribution in [3.8, 4) is 5.75 Å². The van der Waals surface area contributed by atoms with E-state index in [4.69, 9.17) is 0 Å². The minimum absolute atomic E-state index is 0.0476. The molecule has 2 aromatic carbocycles. The lowest BCUT2D eigenvalue weighted by molar-refractivity contribution is -0.140. The molecule has 134 valence electrons. The molecule has 0 aliphatic heterocycles. The van der Waals surface area contributed by atoms with Crippen molar-refractivity contribution in [1.82, 2.24) is 5.32 Å². The van der Waals surface area contributed by atoms with Gasteiger partial charge in [0.1, 0.15) is 11.1 Å². The standard InChI is InChI=1S/C18H21NO5S/c1-24-18(21)13-17(19-11-10-14-6-3-2-4-7-14)25(22,23)16-9-5-8-15(20)12-16/h2-9,12,17,19-20H,10-11,13H2,1H3. The first kappa shape index (κ1) is 19.0. The van der Waals surface area contributed by atoms with Gasteiger partial charge in [-0.25, -0.2) is 8.42 Å². The van der Waals surface area contributed by atoms with Crippen LogP contribution in [0.4, 0.5) is 0 Å². The highest BCUT2D eigenvalue weighted by Gasteiger charge is 2.30. The highest BCUT2D eigenvalue weighted by atomic mass is 32.2. The Morgan fingerprint density at radius 3 is 2.52 bits per heavy atom. The Labute approximate surface area is 147 Å². The fraction of sp³-hybridized carbons (Fsp3) is 0.278. The van der Waals surface area contributed by atoms with Crippen LogP contribution in [0.15, 0.2) is 59.5 Å². The molecule has 2 rings (SSSR count). The van der Waals surface area contributed by atoms with Crippen LogP contribution in [0.5, 0.6) is 5.75 Å². The Morgan fingerprint density at radius 2 is 1.88 bits per heavy atom. The molecular formula is C18H21NO5S. The van der Waals surface area contributed by atoms with Crippen molar-refractivity contribution in [3.63, 3.8) is 0 Å². The van der Waals surface area contributed by atoms with Crippen molar-refractivity contribution >= 4 is 15.8 Å². The number of carbonyl (C=O) groups is 1.